The summed E-state index contributed by atoms with van der Waals surface area (Å²) in [6, 6.07) is 8.43. The molecule has 1 amide bonds. The van der Waals surface area contributed by atoms with Crippen molar-refractivity contribution in [1.82, 2.24) is 5.32 Å². The molecule has 0 saturated carbocycles. The number of sulfone groups is 1. The fourth-order valence-electron chi connectivity index (χ4n) is 4.35. The molecule has 10 heteroatoms. The van der Waals surface area contributed by atoms with Crippen LogP contribution in [0.2, 0.25) is 0 Å². The molecule has 1 saturated heterocycles. The van der Waals surface area contributed by atoms with Gasteiger partial charge in [-0.25, -0.2) is 17.6 Å². The van der Waals surface area contributed by atoms with Crippen LogP contribution in [0, 0.1) is 12.7 Å². The molecule has 0 bridgehead atoms. The SMILES string of the molecule is Cc1c(CC(=O)N[C@H]2CS(=O)(=O)C[C@H]2O)c(=O)oc2cc3occ(-c4ccc(F)cc4)c3cc12. The Balaban J connectivity index is 1.51. The second kappa shape index (κ2) is 8.07. The Morgan fingerprint density at radius 2 is 1.88 bits per heavy atom. The minimum Gasteiger partial charge on any atom is -0.464 e. The van der Waals surface area contributed by atoms with E-state index in [4.69, 9.17) is 8.83 Å². The molecule has 2 N–H and O–H groups in total. The highest BCUT2D eigenvalue weighted by Gasteiger charge is 2.37. The van der Waals surface area contributed by atoms with E-state index in [0.29, 0.717) is 16.5 Å². The highest BCUT2D eigenvalue weighted by Crippen LogP contribution is 2.34. The van der Waals surface area contributed by atoms with Crippen LogP contribution in [0.5, 0.6) is 0 Å². The normalized spacial score (nSPS) is 19.6. The Bertz CT molecular complexity index is 1600. The lowest BCUT2D eigenvalue weighted by molar-refractivity contribution is -0.121. The van der Waals surface area contributed by atoms with Gasteiger partial charge in [-0.05, 0) is 36.2 Å². The van der Waals surface area contributed by atoms with Gasteiger partial charge in [-0.1, -0.05) is 12.1 Å². The number of fused-ring (bicyclic) bond motifs is 2. The lowest BCUT2D eigenvalue weighted by Gasteiger charge is -2.15. The minimum absolute atomic E-state index is 0.131. The van der Waals surface area contributed by atoms with Crippen molar-refractivity contribution in [1.29, 1.82) is 0 Å². The average molecular weight is 485 g/mol. The first-order valence-electron chi connectivity index (χ1n) is 10.5. The van der Waals surface area contributed by atoms with E-state index in [-0.39, 0.29) is 29.1 Å². The Kier molecular flexibility index (Phi) is 5.29. The van der Waals surface area contributed by atoms with E-state index in [1.807, 2.05) is 0 Å². The molecule has 4 aromatic rings. The standard InChI is InChI=1S/C24H20FNO7S/c1-12-15-6-17-18(13-2-4-14(25)5-3-13)9-32-21(17)8-22(15)33-24(29)16(12)7-23(28)26-19-10-34(30,31)11-20(19)27/h2-6,8-9,19-20,27H,7,10-11H2,1H3,(H,26,28)/t19-,20+/m0/s1. The van der Waals surface area contributed by atoms with Crippen LogP contribution in [0.15, 0.2) is 56.3 Å². The molecule has 5 rings (SSSR count). The molecule has 1 aliphatic rings. The third-order valence-electron chi connectivity index (χ3n) is 6.14. The quantitative estimate of drug-likeness (QED) is 0.425. The summed E-state index contributed by atoms with van der Waals surface area (Å²) >= 11 is 0. The van der Waals surface area contributed by atoms with Gasteiger partial charge in [0.25, 0.3) is 0 Å². The lowest BCUT2D eigenvalue weighted by Crippen LogP contribution is -2.43. The number of carbonyl (C=O) groups excluding carboxylic acids is 1. The summed E-state index contributed by atoms with van der Waals surface area (Å²) in [5.41, 5.74) is 2.23. The fourth-order valence-corrected chi connectivity index (χ4v) is 6.09. The van der Waals surface area contributed by atoms with E-state index in [0.717, 1.165) is 16.5 Å². The Labute approximate surface area is 192 Å². The largest absolute Gasteiger partial charge is 0.464 e. The van der Waals surface area contributed by atoms with E-state index in [9.17, 15) is 27.5 Å². The number of benzene rings is 2. The summed E-state index contributed by atoms with van der Waals surface area (Å²) < 4.78 is 47.8. The molecule has 2 atom stereocenters. The van der Waals surface area contributed by atoms with Crippen LogP contribution in [0.3, 0.4) is 0 Å². The maximum absolute atomic E-state index is 13.3. The van der Waals surface area contributed by atoms with E-state index < -0.39 is 39.3 Å². The predicted molar refractivity (Wildman–Crippen MR) is 123 cm³/mol. The van der Waals surface area contributed by atoms with Crippen molar-refractivity contribution >= 4 is 37.7 Å². The number of rotatable bonds is 4. The van der Waals surface area contributed by atoms with Crippen LogP contribution < -0.4 is 10.9 Å². The summed E-state index contributed by atoms with van der Waals surface area (Å²) in [7, 11) is -3.43. The molecule has 0 radical (unpaired) electrons. The Morgan fingerprint density at radius 1 is 1.15 bits per heavy atom. The molecule has 0 spiro atoms. The monoisotopic (exact) mass is 485 g/mol. The first-order valence-corrected chi connectivity index (χ1v) is 12.3. The van der Waals surface area contributed by atoms with Crippen LogP contribution in [0.1, 0.15) is 11.1 Å². The van der Waals surface area contributed by atoms with E-state index >= 15 is 0 Å². The van der Waals surface area contributed by atoms with Gasteiger partial charge in [0.1, 0.15) is 17.0 Å². The molecule has 2 aromatic carbocycles. The highest BCUT2D eigenvalue weighted by atomic mass is 32.2. The fraction of sp³-hybridized carbons (Fsp3) is 0.250. The molecule has 0 unspecified atom stereocenters. The number of hydrogen-bond acceptors (Lipinski definition) is 7. The molecule has 1 aliphatic heterocycles. The van der Waals surface area contributed by atoms with Gasteiger partial charge in [0.05, 0.1) is 41.9 Å². The molecule has 3 heterocycles. The smallest absolute Gasteiger partial charge is 0.340 e. The molecule has 0 aliphatic carbocycles. The number of aryl methyl sites for hydroxylation is 1. The van der Waals surface area contributed by atoms with Crippen molar-refractivity contribution < 1.29 is 31.5 Å². The summed E-state index contributed by atoms with van der Waals surface area (Å²) in [6.45, 7) is 1.69. The first kappa shape index (κ1) is 22.3. The van der Waals surface area contributed by atoms with Gasteiger partial charge in [-0.3, -0.25) is 4.79 Å². The van der Waals surface area contributed by atoms with Crippen LogP contribution >= 0.6 is 0 Å². The highest BCUT2D eigenvalue weighted by molar-refractivity contribution is 7.91. The van der Waals surface area contributed by atoms with E-state index in [1.54, 1.807) is 37.5 Å². The molecular formula is C24H20FNO7S. The maximum Gasteiger partial charge on any atom is 0.340 e. The summed E-state index contributed by atoms with van der Waals surface area (Å²) in [5.74, 6) is -1.71. The van der Waals surface area contributed by atoms with Gasteiger partial charge >= 0.3 is 5.63 Å². The number of furan rings is 1. The Hall–Kier alpha value is -3.50. The number of aliphatic hydroxyl groups excluding tert-OH is 1. The van der Waals surface area contributed by atoms with Gasteiger partial charge in [0.15, 0.2) is 9.84 Å². The van der Waals surface area contributed by atoms with Crippen molar-refractivity contribution in [3.63, 3.8) is 0 Å². The number of nitrogens with one attached hydrogen (secondary N) is 1. The molecule has 1 fully saturated rings. The van der Waals surface area contributed by atoms with Crippen LogP contribution in [0.4, 0.5) is 4.39 Å². The first-order chi connectivity index (χ1) is 16.1. The molecule has 2 aromatic heterocycles. The number of amides is 1. The van der Waals surface area contributed by atoms with Crippen molar-refractivity contribution in [2.45, 2.75) is 25.5 Å². The van der Waals surface area contributed by atoms with Crippen LogP contribution in [-0.2, 0) is 21.1 Å². The topological polar surface area (TPSA) is 127 Å². The molecule has 34 heavy (non-hydrogen) atoms. The summed E-state index contributed by atoms with van der Waals surface area (Å²) in [4.78, 5) is 25.2. The van der Waals surface area contributed by atoms with Gasteiger partial charge < -0.3 is 19.3 Å². The van der Waals surface area contributed by atoms with Crippen LogP contribution in [0.25, 0.3) is 33.1 Å². The number of carbonyl (C=O) groups is 1. The van der Waals surface area contributed by atoms with Gasteiger partial charge in [0, 0.05) is 22.4 Å². The molecule has 176 valence electrons. The van der Waals surface area contributed by atoms with Crippen molar-refractivity contribution in [2.24, 2.45) is 0 Å². The van der Waals surface area contributed by atoms with Crippen molar-refractivity contribution in [3.8, 4) is 11.1 Å². The third-order valence-corrected chi connectivity index (χ3v) is 7.86. The second-order valence-corrected chi connectivity index (χ2v) is 10.6. The van der Waals surface area contributed by atoms with Crippen LogP contribution in [-0.4, -0.2) is 43.1 Å². The number of aliphatic hydroxyl groups is 1. The molecular weight excluding hydrogens is 465 g/mol. The lowest BCUT2D eigenvalue weighted by atomic mass is 9.99. The Morgan fingerprint density at radius 3 is 2.56 bits per heavy atom. The summed E-state index contributed by atoms with van der Waals surface area (Å²) in [5, 5.41) is 13.7. The van der Waals surface area contributed by atoms with Crippen molar-refractivity contribution in [3.05, 3.63) is 70.0 Å². The zero-order valence-electron chi connectivity index (χ0n) is 18.0. The van der Waals surface area contributed by atoms with Gasteiger partial charge in [-0.2, -0.15) is 0 Å². The number of hydrogen-bond donors (Lipinski definition) is 2. The van der Waals surface area contributed by atoms with E-state index in [1.165, 1.54) is 12.1 Å². The zero-order chi connectivity index (χ0) is 24.2. The zero-order valence-corrected chi connectivity index (χ0v) is 18.8. The van der Waals surface area contributed by atoms with Crippen molar-refractivity contribution in [2.75, 3.05) is 11.5 Å². The van der Waals surface area contributed by atoms with Gasteiger partial charge in [-0.15, -0.1) is 0 Å². The maximum atomic E-state index is 13.3. The minimum atomic E-state index is -3.43. The third kappa shape index (κ3) is 3.99. The predicted octanol–water partition coefficient (Wildman–Crippen LogP) is 2.47. The average Bonchev–Trinajstić information content (AvgIpc) is 3.29. The number of halogens is 1. The summed E-state index contributed by atoms with van der Waals surface area (Å²) in [6.07, 6.45) is 0.0172. The second-order valence-electron chi connectivity index (χ2n) is 8.49. The molecule has 8 nitrogen and oxygen atoms in total. The van der Waals surface area contributed by atoms with E-state index in [2.05, 4.69) is 5.32 Å². The van der Waals surface area contributed by atoms with Gasteiger partial charge in [0.2, 0.25) is 5.91 Å².